The van der Waals surface area contributed by atoms with Crippen molar-refractivity contribution in [3.63, 3.8) is 0 Å². The van der Waals surface area contributed by atoms with E-state index in [0.717, 1.165) is 115 Å². The molecule has 0 amide bonds. The Bertz CT molecular complexity index is 1790. The van der Waals surface area contributed by atoms with Gasteiger partial charge in [-0.2, -0.15) is 0 Å². The smallest absolute Gasteiger partial charge is 0.462 e. The second kappa shape index (κ2) is 62.8. The summed E-state index contributed by atoms with van der Waals surface area (Å²) in [6, 6.07) is 0. The van der Waals surface area contributed by atoms with Crippen LogP contribution in [0.5, 0.6) is 0 Å². The Hall–Kier alpha value is -1.94. The Labute approximate surface area is 556 Å². The minimum Gasteiger partial charge on any atom is -0.462 e. The van der Waals surface area contributed by atoms with Crippen LogP contribution in [0.1, 0.15) is 363 Å². The van der Waals surface area contributed by atoms with Crippen LogP contribution in [0.25, 0.3) is 0 Å². The molecule has 0 bridgehead atoms. The Morgan fingerprint density at radius 2 is 0.560 bits per heavy atom. The molecule has 0 saturated heterocycles. The molecule has 4 unspecified atom stereocenters. The zero-order chi connectivity index (χ0) is 67.3. The molecule has 0 fully saturated rings. The number of hydrogen-bond donors (Lipinski definition) is 3. The highest BCUT2D eigenvalue weighted by Crippen LogP contribution is 2.45. The standard InChI is InChI=1S/C72H140O17P2/c1-8-11-12-13-29-39-46-53-69(74)82-59-67(89-72(77)56-49-42-35-28-30-36-43-50-63(4)5)61-86-90(78,79)84-57-66(73)58-85-91(80,81)87-62-68(60-83-70(75)54-47-40-33-27-26-32-38-45-52-65(7)10-3)88-71(76)55-48-41-34-25-23-21-19-17-15-14-16-18-20-22-24-31-37-44-51-64(6)9-2/h63-68,73H,8-62H2,1-7H3,(H,78,79)(H,80,81)/t64?,65?,66-,67+,68+/m0/s1. The maximum Gasteiger partial charge on any atom is 0.472 e. The summed E-state index contributed by atoms with van der Waals surface area (Å²) >= 11 is 0. The second-order valence-electron chi connectivity index (χ2n) is 26.9. The zero-order valence-corrected chi connectivity index (χ0v) is 61.1. The zero-order valence-electron chi connectivity index (χ0n) is 59.3. The van der Waals surface area contributed by atoms with Crippen LogP contribution in [0, 0.1) is 17.8 Å². The number of carbonyl (C=O) groups is 4. The van der Waals surface area contributed by atoms with E-state index in [1.807, 2.05) is 0 Å². The summed E-state index contributed by atoms with van der Waals surface area (Å²) in [6.07, 6.45) is 47.5. The molecule has 0 aromatic rings. The van der Waals surface area contributed by atoms with Gasteiger partial charge < -0.3 is 33.8 Å². The monoisotopic (exact) mass is 1340 g/mol. The van der Waals surface area contributed by atoms with Crippen molar-refractivity contribution in [2.45, 2.75) is 381 Å². The van der Waals surface area contributed by atoms with Crippen LogP contribution in [0.15, 0.2) is 0 Å². The van der Waals surface area contributed by atoms with Gasteiger partial charge in [-0.3, -0.25) is 37.3 Å². The molecule has 3 N–H and O–H groups in total. The highest BCUT2D eigenvalue weighted by molar-refractivity contribution is 7.47. The van der Waals surface area contributed by atoms with Gasteiger partial charge in [0.05, 0.1) is 26.4 Å². The van der Waals surface area contributed by atoms with Gasteiger partial charge in [-0.1, -0.05) is 312 Å². The lowest BCUT2D eigenvalue weighted by Gasteiger charge is -2.21. The molecule has 0 radical (unpaired) electrons. The molecule has 7 atom stereocenters. The predicted molar refractivity (Wildman–Crippen MR) is 368 cm³/mol. The van der Waals surface area contributed by atoms with E-state index in [0.29, 0.717) is 31.6 Å². The van der Waals surface area contributed by atoms with Gasteiger partial charge in [-0.05, 0) is 43.4 Å². The lowest BCUT2D eigenvalue weighted by atomic mass is 9.99. The van der Waals surface area contributed by atoms with E-state index in [1.165, 1.54) is 161 Å². The fourth-order valence-corrected chi connectivity index (χ4v) is 12.4. The van der Waals surface area contributed by atoms with Crippen LogP contribution in [0.3, 0.4) is 0 Å². The Balaban J connectivity index is 5.13. The van der Waals surface area contributed by atoms with E-state index in [-0.39, 0.29) is 25.7 Å². The average molecular weight is 1340 g/mol. The van der Waals surface area contributed by atoms with Crippen molar-refractivity contribution >= 4 is 39.5 Å². The number of carbonyl (C=O) groups excluding carboxylic acids is 4. The molecule has 0 aliphatic rings. The first-order valence-electron chi connectivity index (χ1n) is 37.4. The lowest BCUT2D eigenvalue weighted by Crippen LogP contribution is -2.30. The summed E-state index contributed by atoms with van der Waals surface area (Å²) in [7, 11) is -9.90. The normalized spacial score (nSPS) is 14.8. The summed E-state index contributed by atoms with van der Waals surface area (Å²) in [5, 5.41) is 10.6. The summed E-state index contributed by atoms with van der Waals surface area (Å²) < 4.78 is 68.2. The molecule has 19 heteroatoms. The number of phosphoric ester groups is 2. The molecule has 0 aliphatic heterocycles. The predicted octanol–water partition coefficient (Wildman–Crippen LogP) is 20.6. The highest BCUT2D eigenvalue weighted by atomic mass is 31.2. The minimum absolute atomic E-state index is 0.103. The van der Waals surface area contributed by atoms with Crippen LogP contribution in [-0.2, 0) is 65.4 Å². The fourth-order valence-electron chi connectivity index (χ4n) is 10.8. The Morgan fingerprint density at radius 1 is 0.319 bits per heavy atom. The van der Waals surface area contributed by atoms with Gasteiger partial charge in [0, 0.05) is 25.7 Å². The molecule has 91 heavy (non-hydrogen) atoms. The van der Waals surface area contributed by atoms with E-state index in [1.54, 1.807) is 0 Å². The number of rotatable bonds is 70. The quantitative estimate of drug-likeness (QED) is 0.0222. The number of ether oxygens (including phenoxy) is 4. The van der Waals surface area contributed by atoms with Crippen molar-refractivity contribution in [1.29, 1.82) is 0 Å². The molecule has 0 saturated carbocycles. The molecule has 0 rings (SSSR count). The number of unbranched alkanes of at least 4 members (excludes halogenated alkanes) is 36. The van der Waals surface area contributed by atoms with Gasteiger partial charge in [0.25, 0.3) is 0 Å². The first kappa shape index (κ1) is 89.1. The van der Waals surface area contributed by atoms with Crippen molar-refractivity contribution in [3.05, 3.63) is 0 Å². The van der Waals surface area contributed by atoms with Crippen molar-refractivity contribution < 1.29 is 80.2 Å². The van der Waals surface area contributed by atoms with Crippen LogP contribution < -0.4 is 0 Å². The number of aliphatic hydroxyl groups excluding tert-OH is 1. The van der Waals surface area contributed by atoms with E-state index >= 15 is 0 Å². The number of esters is 4. The van der Waals surface area contributed by atoms with Gasteiger partial charge in [-0.15, -0.1) is 0 Å². The van der Waals surface area contributed by atoms with Crippen molar-refractivity contribution in [2.24, 2.45) is 17.8 Å². The first-order chi connectivity index (χ1) is 43.8. The molecular formula is C72H140O17P2. The summed E-state index contributed by atoms with van der Waals surface area (Å²) in [6.45, 7) is 11.8. The van der Waals surface area contributed by atoms with E-state index in [2.05, 4.69) is 48.5 Å². The van der Waals surface area contributed by atoms with Gasteiger partial charge in [0.2, 0.25) is 0 Å². The molecule has 17 nitrogen and oxygen atoms in total. The third-order valence-corrected chi connectivity index (χ3v) is 19.3. The third kappa shape index (κ3) is 63.9. The molecule has 0 heterocycles. The van der Waals surface area contributed by atoms with Crippen molar-refractivity contribution in [2.75, 3.05) is 39.6 Å². The molecular weight excluding hydrogens is 1200 g/mol. The fraction of sp³-hybridized carbons (Fsp3) is 0.944. The van der Waals surface area contributed by atoms with E-state index in [4.69, 9.17) is 37.0 Å². The minimum atomic E-state index is -4.95. The van der Waals surface area contributed by atoms with Crippen LogP contribution in [0.4, 0.5) is 0 Å². The van der Waals surface area contributed by atoms with Gasteiger partial charge in [0.15, 0.2) is 12.2 Å². The Kier molecular flexibility index (Phi) is 61.5. The lowest BCUT2D eigenvalue weighted by molar-refractivity contribution is -0.161. The van der Waals surface area contributed by atoms with Crippen LogP contribution in [0.2, 0.25) is 0 Å². The molecule has 0 aromatic heterocycles. The molecule has 0 aromatic carbocycles. The third-order valence-electron chi connectivity index (χ3n) is 17.4. The average Bonchev–Trinajstić information content (AvgIpc) is 3.69. The van der Waals surface area contributed by atoms with Gasteiger partial charge in [-0.25, -0.2) is 9.13 Å². The molecule has 0 spiro atoms. The topological polar surface area (TPSA) is 237 Å². The molecule has 0 aliphatic carbocycles. The van der Waals surface area contributed by atoms with Crippen LogP contribution in [-0.4, -0.2) is 96.7 Å². The van der Waals surface area contributed by atoms with Gasteiger partial charge >= 0.3 is 39.5 Å². The van der Waals surface area contributed by atoms with E-state index < -0.39 is 97.5 Å². The number of aliphatic hydroxyl groups is 1. The van der Waals surface area contributed by atoms with Crippen LogP contribution >= 0.6 is 15.6 Å². The summed E-state index contributed by atoms with van der Waals surface area (Å²) in [5.41, 5.74) is 0. The number of hydrogen-bond acceptors (Lipinski definition) is 15. The second-order valence-corrected chi connectivity index (χ2v) is 29.8. The van der Waals surface area contributed by atoms with Crippen molar-refractivity contribution in [1.82, 2.24) is 0 Å². The van der Waals surface area contributed by atoms with Crippen molar-refractivity contribution in [3.8, 4) is 0 Å². The maximum absolute atomic E-state index is 13.0. The summed E-state index contributed by atoms with van der Waals surface area (Å²) in [5.74, 6) is 0.213. The summed E-state index contributed by atoms with van der Waals surface area (Å²) in [4.78, 5) is 72.4. The Morgan fingerprint density at radius 3 is 0.835 bits per heavy atom. The van der Waals surface area contributed by atoms with E-state index in [9.17, 15) is 43.2 Å². The SMILES string of the molecule is CCCCCCCCCC(=O)OC[C@H](COP(=O)(O)OC[C@H](O)COP(=O)(O)OC[C@@H](COC(=O)CCCCCCCCCCC(C)CC)OC(=O)CCCCCCCCCCCCCCCCCCCCC(C)CC)OC(=O)CCCCCCCCCC(C)C. The molecule has 540 valence electrons. The first-order valence-corrected chi connectivity index (χ1v) is 40.4. The highest BCUT2D eigenvalue weighted by Gasteiger charge is 2.30. The van der Waals surface area contributed by atoms with Gasteiger partial charge in [0.1, 0.15) is 19.3 Å². The number of phosphoric acid groups is 2. The largest absolute Gasteiger partial charge is 0.472 e. The maximum atomic E-state index is 13.0.